The molecule has 4 N–H and O–H groups in total. The Morgan fingerprint density at radius 2 is 1.37 bits per heavy atom. The van der Waals surface area contributed by atoms with Gasteiger partial charge in [-0.05, 0) is 66.5 Å². The molecule has 218 valence electrons. The van der Waals surface area contributed by atoms with E-state index in [0.29, 0.717) is 17.9 Å². The number of rotatable bonds is 9. The molecule has 2 aromatic carbocycles. The predicted octanol–water partition coefficient (Wildman–Crippen LogP) is 3.90. The molecule has 0 bridgehead atoms. The highest BCUT2D eigenvalue weighted by molar-refractivity contribution is 7.80. The van der Waals surface area contributed by atoms with E-state index < -0.39 is 27.1 Å². The van der Waals surface area contributed by atoms with E-state index in [2.05, 4.69) is 21.3 Å². The standard InChI is InChI=1S/C25H28N6O8S2/c1-25(2)13(10-21(32)28-23(40)26-17-7-5-14(38-3)11-19(17)30(34)35)9-16(25)22(33)29-24(41)27-18-8-6-15(39-4)12-20(18)31(36)37/h5-8,11-13,16H,9-10H2,1-4H3,(H2,26,28,32,40)(H2,27,29,33,41)/t13-,16-/m0/s1. The van der Waals surface area contributed by atoms with Crippen LogP contribution in [0.15, 0.2) is 36.4 Å². The smallest absolute Gasteiger partial charge is 0.296 e. The zero-order valence-corrected chi connectivity index (χ0v) is 24.1. The first kappa shape index (κ1) is 31.1. The number of benzene rings is 2. The molecule has 0 aromatic heterocycles. The highest BCUT2D eigenvalue weighted by atomic mass is 32.1. The molecule has 2 atom stereocenters. The van der Waals surface area contributed by atoms with Gasteiger partial charge in [-0.25, -0.2) is 0 Å². The van der Waals surface area contributed by atoms with Gasteiger partial charge in [-0.15, -0.1) is 0 Å². The minimum Gasteiger partial charge on any atom is -0.496 e. The van der Waals surface area contributed by atoms with Gasteiger partial charge in [0.2, 0.25) is 11.8 Å². The number of hydrogen-bond donors (Lipinski definition) is 4. The number of carbonyl (C=O) groups excluding carboxylic acids is 2. The molecule has 1 saturated carbocycles. The van der Waals surface area contributed by atoms with Crippen LogP contribution in [-0.4, -0.2) is 46.1 Å². The average Bonchev–Trinajstić information content (AvgIpc) is 2.90. The number of nitro benzene ring substituents is 2. The van der Waals surface area contributed by atoms with Crippen LogP contribution >= 0.6 is 24.4 Å². The van der Waals surface area contributed by atoms with Gasteiger partial charge in [0, 0.05) is 12.3 Å². The van der Waals surface area contributed by atoms with Crippen molar-refractivity contribution in [3.63, 3.8) is 0 Å². The summed E-state index contributed by atoms with van der Waals surface area (Å²) in [6.45, 7) is 3.70. The van der Waals surface area contributed by atoms with E-state index in [9.17, 15) is 29.8 Å². The van der Waals surface area contributed by atoms with Crippen LogP contribution in [0.2, 0.25) is 0 Å². The lowest BCUT2D eigenvalue weighted by Gasteiger charge is -2.51. The summed E-state index contributed by atoms with van der Waals surface area (Å²) < 4.78 is 10.0. The van der Waals surface area contributed by atoms with Crippen molar-refractivity contribution in [3.8, 4) is 11.5 Å². The largest absolute Gasteiger partial charge is 0.496 e. The molecule has 0 spiro atoms. The van der Waals surface area contributed by atoms with Crippen molar-refractivity contribution in [2.75, 3.05) is 24.9 Å². The monoisotopic (exact) mass is 604 g/mol. The summed E-state index contributed by atoms with van der Waals surface area (Å²) >= 11 is 10.4. The van der Waals surface area contributed by atoms with Gasteiger partial charge in [0.05, 0.1) is 36.2 Å². The number of thiocarbonyl (C=S) groups is 2. The molecule has 0 aliphatic heterocycles. The first-order chi connectivity index (χ1) is 19.3. The first-order valence-corrected chi connectivity index (χ1v) is 13.0. The number of anilines is 2. The second-order valence-corrected chi connectivity index (χ2v) is 10.6. The molecule has 0 saturated heterocycles. The molecule has 0 heterocycles. The minimum atomic E-state index is -0.600. The van der Waals surface area contributed by atoms with E-state index in [-0.39, 0.29) is 51.2 Å². The maximum atomic E-state index is 12.9. The number of ether oxygens (including phenoxy) is 2. The topological polar surface area (TPSA) is 187 Å². The predicted molar refractivity (Wildman–Crippen MR) is 158 cm³/mol. The summed E-state index contributed by atoms with van der Waals surface area (Å²) in [5, 5.41) is 33.0. The molecule has 14 nitrogen and oxygen atoms in total. The number of nitro groups is 2. The van der Waals surface area contributed by atoms with Gasteiger partial charge >= 0.3 is 0 Å². The van der Waals surface area contributed by atoms with Crippen molar-refractivity contribution >= 4 is 69.2 Å². The van der Waals surface area contributed by atoms with Crippen LogP contribution in [0.4, 0.5) is 22.7 Å². The van der Waals surface area contributed by atoms with Gasteiger partial charge in [-0.3, -0.25) is 29.8 Å². The van der Waals surface area contributed by atoms with E-state index in [1.165, 1.54) is 50.6 Å². The third kappa shape index (κ3) is 7.40. The molecule has 2 aromatic rings. The van der Waals surface area contributed by atoms with Crippen LogP contribution in [0.1, 0.15) is 26.7 Å². The molecule has 1 fully saturated rings. The highest BCUT2D eigenvalue weighted by Crippen LogP contribution is 2.53. The molecule has 0 radical (unpaired) electrons. The quantitative estimate of drug-likeness (QED) is 0.184. The minimum absolute atomic E-state index is 0.0596. The Balaban J connectivity index is 1.53. The van der Waals surface area contributed by atoms with Crippen molar-refractivity contribution < 1.29 is 28.9 Å². The Morgan fingerprint density at radius 1 is 0.902 bits per heavy atom. The van der Waals surface area contributed by atoms with E-state index in [1.807, 2.05) is 13.8 Å². The normalized spacial score (nSPS) is 16.8. The zero-order valence-electron chi connectivity index (χ0n) is 22.5. The van der Waals surface area contributed by atoms with Crippen molar-refractivity contribution in [1.29, 1.82) is 0 Å². The molecular formula is C25H28N6O8S2. The molecular weight excluding hydrogens is 576 g/mol. The number of carbonyl (C=O) groups is 2. The van der Waals surface area contributed by atoms with E-state index in [1.54, 1.807) is 0 Å². The fourth-order valence-electron chi connectivity index (χ4n) is 4.51. The Bertz CT molecular complexity index is 1420. The second kappa shape index (κ2) is 12.8. The summed E-state index contributed by atoms with van der Waals surface area (Å²) in [6, 6.07) is 8.33. The summed E-state index contributed by atoms with van der Waals surface area (Å²) in [7, 11) is 2.77. The Labute approximate surface area is 245 Å². The Morgan fingerprint density at radius 3 is 1.78 bits per heavy atom. The maximum absolute atomic E-state index is 12.9. The van der Waals surface area contributed by atoms with Crippen LogP contribution in [0.25, 0.3) is 0 Å². The number of nitrogens with zero attached hydrogens (tertiary/aromatic N) is 2. The van der Waals surface area contributed by atoms with E-state index in [4.69, 9.17) is 33.9 Å². The molecule has 0 unspecified atom stereocenters. The van der Waals surface area contributed by atoms with Gasteiger partial charge < -0.3 is 30.7 Å². The van der Waals surface area contributed by atoms with Crippen molar-refractivity contribution in [2.45, 2.75) is 26.7 Å². The lowest BCUT2D eigenvalue weighted by Crippen LogP contribution is -2.55. The molecule has 3 rings (SSSR count). The van der Waals surface area contributed by atoms with Gasteiger partial charge in [0.15, 0.2) is 10.2 Å². The van der Waals surface area contributed by atoms with Crippen molar-refractivity contribution in [1.82, 2.24) is 10.6 Å². The van der Waals surface area contributed by atoms with Gasteiger partial charge in [-0.2, -0.15) is 0 Å². The summed E-state index contributed by atoms with van der Waals surface area (Å²) in [5.74, 6) is -0.855. The number of methoxy groups -OCH3 is 2. The van der Waals surface area contributed by atoms with Crippen molar-refractivity contribution in [2.24, 2.45) is 17.3 Å². The van der Waals surface area contributed by atoms with Gasteiger partial charge in [0.1, 0.15) is 22.9 Å². The van der Waals surface area contributed by atoms with Crippen LogP contribution in [0.3, 0.4) is 0 Å². The zero-order chi connectivity index (χ0) is 30.5. The summed E-state index contributed by atoms with van der Waals surface area (Å²) in [6.07, 6.45) is 0.450. The third-order valence-corrected chi connectivity index (χ3v) is 7.42. The van der Waals surface area contributed by atoms with Crippen LogP contribution in [0, 0.1) is 37.5 Å². The number of amides is 2. The van der Waals surface area contributed by atoms with Gasteiger partial charge in [-0.1, -0.05) is 13.8 Å². The third-order valence-electron chi connectivity index (χ3n) is 7.01. The molecule has 1 aliphatic rings. The lowest BCUT2D eigenvalue weighted by atomic mass is 9.53. The number of hydrogen-bond acceptors (Lipinski definition) is 10. The average molecular weight is 605 g/mol. The maximum Gasteiger partial charge on any atom is 0.296 e. The molecule has 1 aliphatic carbocycles. The number of nitrogens with one attached hydrogen (secondary N) is 4. The molecule has 2 amide bonds. The van der Waals surface area contributed by atoms with E-state index >= 15 is 0 Å². The van der Waals surface area contributed by atoms with Crippen molar-refractivity contribution in [3.05, 3.63) is 56.6 Å². The Kier molecular flexibility index (Phi) is 9.72. The summed E-state index contributed by atoms with van der Waals surface area (Å²) in [5.41, 5.74) is -0.944. The Hall–Kier alpha value is -4.44. The molecule has 41 heavy (non-hydrogen) atoms. The molecule has 16 heteroatoms. The fourth-order valence-corrected chi connectivity index (χ4v) is 4.94. The fraction of sp³-hybridized carbons (Fsp3) is 0.360. The van der Waals surface area contributed by atoms with E-state index in [0.717, 1.165) is 0 Å². The highest BCUT2D eigenvalue weighted by Gasteiger charge is 2.52. The second-order valence-electron chi connectivity index (χ2n) is 9.74. The van der Waals surface area contributed by atoms with Crippen LogP contribution in [0.5, 0.6) is 11.5 Å². The lowest BCUT2D eigenvalue weighted by molar-refractivity contribution is -0.384. The van der Waals surface area contributed by atoms with Crippen LogP contribution in [-0.2, 0) is 9.59 Å². The van der Waals surface area contributed by atoms with Gasteiger partial charge in [0.25, 0.3) is 11.4 Å². The summed E-state index contributed by atoms with van der Waals surface area (Å²) in [4.78, 5) is 47.1. The van der Waals surface area contributed by atoms with Crippen LogP contribution < -0.4 is 30.7 Å². The SMILES string of the molecule is COc1ccc(NC(=S)NC(=O)C[C@@H]2C[C@@H](C(=O)NC(=S)Nc3ccc(OC)cc3[N+](=O)[O-])C2(C)C)c([N+](=O)[O-])c1. The first-order valence-electron chi connectivity index (χ1n) is 12.1.